The van der Waals surface area contributed by atoms with Crippen molar-refractivity contribution in [2.75, 3.05) is 0 Å². The molecule has 0 N–H and O–H groups in total. The minimum absolute atomic E-state index is 0.538. The fourth-order valence-electron chi connectivity index (χ4n) is 1.66. The molecule has 0 aliphatic heterocycles. The average Bonchev–Trinajstić information content (AvgIpc) is 3.08. The molecule has 7 heteroatoms. The van der Waals surface area contributed by atoms with Crippen LogP contribution in [0.25, 0.3) is 11.4 Å². The van der Waals surface area contributed by atoms with Gasteiger partial charge in [0.15, 0.2) is 0 Å². The fourth-order valence-corrected chi connectivity index (χ4v) is 1.85. The van der Waals surface area contributed by atoms with Crippen LogP contribution in [0.2, 0.25) is 5.02 Å². The second-order valence-electron chi connectivity index (χ2n) is 3.93. The Morgan fingerprint density at radius 2 is 2.26 bits per heavy atom. The third-order valence-electron chi connectivity index (χ3n) is 2.57. The third-order valence-corrected chi connectivity index (χ3v) is 2.81. The Morgan fingerprint density at radius 1 is 1.32 bits per heavy atom. The molecule has 0 saturated heterocycles. The molecule has 0 spiro atoms. The topological polar surface area (TPSA) is 69.6 Å². The van der Waals surface area contributed by atoms with Crippen LogP contribution in [0, 0.1) is 0 Å². The van der Waals surface area contributed by atoms with Crippen LogP contribution >= 0.6 is 11.6 Å². The van der Waals surface area contributed by atoms with Crippen molar-refractivity contribution in [3.63, 3.8) is 0 Å². The first kappa shape index (κ1) is 11.9. The van der Waals surface area contributed by atoms with Crippen molar-refractivity contribution in [1.29, 1.82) is 0 Å². The second-order valence-corrected chi connectivity index (χ2v) is 4.37. The summed E-state index contributed by atoms with van der Waals surface area (Å²) in [5.74, 6) is 1.10. The van der Waals surface area contributed by atoms with E-state index in [-0.39, 0.29) is 0 Å². The maximum atomic E-state index is 5.93. The van der Waals surface area contributed by atoms with E-state index in [4.69, 9.17) is 16.1 Å². The third kappa shape index (κ3) is 2.79. The number of hydrogen-bond donors (Lipinski definition) is 0. The molecule has 0 aliphatic rings. The zero-order valence-electron chi connectivity index (χ0n) is 9.90. The lowest BCUT2D eigenvalue weighted by atomic mass is 10.2. The van der Waals surface area contributed by atoms with Crippen molar-refractivity contribution in [2.45, 2.75) is 13.0 Å². The number of rotatable bonds is 4. The summed E-state index contributed by atoms with van der Waals surface area (Å²) in [5.41, 5.74) is 0.836. The summed E-state index contributed by atoms with van der Waals surface area (Å²) in [5, 5.41) is 8.59. The van der Waals surface area contributed by atoms with Gasteiger partial charge in [-0.25, -0.2) is 4.98 Å². The summed E-state index contributed by atoms with van der Waals surface area (Å²) < 4.78 is 6.90. The van der Waals surface area contributed by atoms with E-state index in [1.807, 2.05) is 12.1 Å². The van der Waals surface area contributed by atoms with Crippen molar-refractivity contribution in [3.8, 4) is 11.4 Å². The van der Waals surface area contributed by atoms with E-state index < -0.39 is 0 Å². The van der Waals surface area contributed by atoms with Gasteiger partial charge in [0.25, 0.3) is 0 Å². The number of aryl methyl sites for hydroxylation is 2. The molecule has 0 saturated carbocycles. The minimum Gasteiger partial charge on any atom is -0.339 e. The predicted octanol–water partition coefficient (Wildman–Crippen LogP) is 2.22. The van der Waals surface area contributed by atoms with Crippen molar-refractivity contribution in [2.24, 2.45) is 0 Å². The number of nitrogens with zero attached hydrogens (tertiary/aromatic N) is 5. The lowest BCUT2D eigenvalue weighted by Crippen LogP contribution is -2.01. The van der Waals surface area contributed by atoms with E-state index in [0.29, 0.717) is 29.7 Å². The van der Waals surface area contributed by atoms with Crippen molar-refractivity contribution < 1.29 is 4.52 Å². The highest BCUT2D eigenvalue weighted by atomic mass is 35.5. The molecule has 3 aromatic rings. The van der Waals surface area contributed by atoms with Crippen LogP contribution in [-0.4, -0.2) is 24.9 Å². The standard InChI is InChI=1S/C12H10ClN5O/c13-10-3-1-2-9(6-10)12-16-11(19-17-12)4-5-18-8-14-7-15-18/h1-3,6-8H,4-5H2. The van der Waals surface area contributed by atoms with Gasteiger partial charge >= 0.3 is 0 Å². The Balaban J connectivity index is 1.72. The molecular formula is C12H10ClN5O. The number of halogens is 1. The highest BCUT2D eigenvalue weighted by Crippen LogP contribution is 2.19. The van der Waals surface area contributed by atoms with Gasteiger partial charge in [-0.15, -0.1) is 0 Å². The fraction of sp³-hybridized carbons (Fsp3) is 0.167. The second kappa shape index (κ2) is 5.19. The Kier molecular flexibility index (Phi) is 3.24. The average molecular weight is 276 g/mol. The first-order valence-corrected chi connectivity index (χ1v) is 6.10. The largest absolute Gasteiger partial charge is 0.339 e. The quantitative estimate of drug-likeness (QED) is 0.730. The summed E-state index contributed by atoms with van der Waals surface area (Å²) in [6, 6.07) is 7.34. The van der Waals surface area contributed by atoms with Gasteiger partial charge in [-0.3, -0.25) is 4.68 Å². The zero-order chi connectivity index (χ0) is 13.1. The molecule has 0 unspecified atom stereocenters. The summed E-state index contributed by atoms with van der Waals surface area (Å²) >= 11 is 5.93. The monoisotopic (exact) mass is 275 g/mol. The van der Waals surface area contributed by atoms with Gasteiger partial charge < -0.3 is 4.52 Å². The van der Waals surface area contributed by atoms with E-state index >= 15 is 0 Å². The normalized spacial score (nSPS) is 10.8. The molecule has 0 radical (unpaired) electrons. The van der Waals surface area contributed by atoms with Crippen LogP contribution in [0.5, 0.6) is 0 Å². The lowest BCUT2D eigenvalue weighted by Gasteiger charge is -1.95. The Bertz CT molecular complexity index is 664. The van der Waals surface area contributed by atoms with Crippen molar-refractivity contribution >= 4 is 11.6 Å². The number of aromatic nitrogens is 5. The molecule has 96 valence electrons. The van der Waals surface area contributed by atoms with Crippen LogP contribution in [0.4, 0.5) is 0 Å². The Morgan fingerprint density at radius 3 is 3.05 bits per heavy atom. The van der Waals surface area contributed by atoms with Crippen LogP contribution in [-0.2, 0) is 13.0 Å². The molecule has 1 aromatic carbocycles. The molecule has 19 heavy (non-hydrogen) atoms. The Labute approximate surface area is 114 Å². The highest BCUT2D eigenvalue weighted by molar-refractivity contribution is 6.30. The van der Waals surface area contributed by atoms with Crippen LogP contribution in [0.15, 0.2) is 41.4 Å². The molecule has 0 atom stereocenters. The van der Waals surface area contributed by atoms with Gasteiger partial charge in [0.05, 0.1) is 6.54 Å². The molecule has 2 heterocycles. The van der Waals surface area contributed by atoms with Crippen molar-refractivity contribution in [3.05, 3.63) is 47.8 Å². The van der Waals surface area contributed by atoms with E-state index in [1.54, 1.807) is 23.1 Å². The molecule has 0 fully saturated rings. The molecule has 0 aliphatic carbocycles. The van der Waals surface area contributed by atoms with Crippen LogP contribution < -0.4 is 0 Å². The number of hydrogen-bond acceptors (Lipinski definition) is 5. The van der Waals surface area contributed by atoms with Gasteiger partial charge in [-0.05, 0) is 12.1 Å². The number of benzene rings is 1. The van der Waals surface area contributed by atoms with E-state index in [9.17, 15) is 0 Å². The summed E-state index contributed by atoms with van der Waals surface area (Å²) in [4.78, 5) is 8.19. The van der Waals surface area contributed by atoms with Gasteiger partial charge in [-0.2, -0.15) is 10.1 Å². The predicted molar refractivity (Wildman–Crippen MR) is 68.5 cm³/mol. The van der Waals surface area contributed by atoms with Crippen LogP contribution in [0.1, 0.15) is 5.89 Å². The highest BCUT2D eigenvalue weighted by Gasteiger charge is 2.09. The molecular weight excluding hydrogens is 266 g/mol. The van der Waals surface area contributed by atoms with Gasteiger partial charge in [0, 0.05) is 17.0 Å². The molecule has 2 aromatic heterocycles. The minimum atomic E-state index is 0.538. The van der Waals surface area contributed by atoms with E-state index in [1.165, 1.54) is 6.33 Å². The molecule has 3 rings (SSSR count). The first-order valence-electron chi connectivity index (χ1n) is 5.72. The summed E-state index contributed by atoms with van der Waals surface area (Å²) in [6.45, 7) is 0.650. The lowest BCUT2D eigenvalue weighted by molar-refractivity contribution is 0.369. The Hall–Kier alpha value is -2.21. The molecule has 6 nitrogen and oxygen atoms in total. The molecule has 0 bridgehead atoms. The maximum Gasteiger partial charge on any atom is 0.228 e. The SMILES string of the molecule is Clc1cccc(-c2noc(CCn3cncn3)n2)c1. The van der Waals surface area contributed by atoms with Crippen molar-refractivity contribution in [1.82, 2.24) is 24.9 Å². The smallest absolute Gasteiger partial charge is 0.228 e. The van der Waals surface area contributed by atoms with E-state index in [2.05, 4.69) is 20.2 Å². The van der Waals surface area contributed by atoms with E-state index in [0.717, 1.165) is 5.56 Å². The maximum absolute atomic E-state index is 5.93. The summed E-state index contributed by atoms with van der Waals surface area (Å²) in [7, 11) is 0. The van der Waals surface area contributed by atoms with Gasteiger partial charge in [0.1, 0.15) is 12.7 Å². The van der Waals surface area contributed by atoms with Crippen LogP contribution in [0.3, 0.4) is 0 Å². The van der Waals surface area contributed by atoms with Gasteiger partial charge in [-0.1, -0.05) is 28.9 Å². The van der Waals surface area contributed by atoms with Gasteiger partial charge in [0.2, 0.25) is 11.7 Å². The zero-order valence-corrected chi connectivity index (χ0v) is 10.7. The molecule has 0 amide bonds. The first-order chi connectivity index (χ1) is 9.31. The summed E-state index contributed by atoms with van der Waals surface area (Å²) in [6.07, 6.45) is 3.75.